The maximum Gasteiger partial charge on any atom is 0.396 e. The van der Waals surface area contributed by atoms with Gasteiger partial charge in [0.25, 0.3) is 0 Å². The van der Waals surface area contributed by atoms with E-state index in [9.17, 15) is 13.2 Å². The molecule has 1 heterocycles. The van der Waals surface area contributed by atoms with Gasteiger partial charge >= 0.3 is 6.18 Å². The largest absolute Gasteiger partial charge is 0.396 e. The van der Waals surface area contributed by atoms with Crippen LogP contribution < -0.4 is 5.73 Å². The van der Waals surface area contributed by atoms with E-state index in [0.717, 1.165) is 0 Å². The zero-order valence-electron chi connectivity index (χ0n) is 7.05. The summed E-state index contributed by atoms with van der Waals surface area (Å²) < 4.78 is 37.7. The van der Waals surface area contributed by atoms with Crippen molar-refractivity contribution in [1.29, 1.82) is 0 Å². The van der Waals surface area contributed by atoms with Crippen LogP contribution in [0.5, 0.6) is 0 Å². The molecule has 0 aromatic carbocycles. The van der Waals surface area contributed by atoms with E-state index in [1.807, 2.05) is 0 Å². The first kappa shape index (κ1) is 11.5. The summed E-state index contributed by atoms with van der Waals surface area (Å²) in [7, 11) is 0. The van der Waals surface area contributed by atoms with Gasteiger partial charge in [-0.3, -0.25) is 4.98 Å². The van der Waals surface area contributed by atoms with Gasteiger partial charge in [0.1, 0.15) is 0 Å². The molecule has 0 aliphatic rings. The molecule has 2 nitrogen and oxygen atoms in total. The van der Waals surface area contributed by atoms with Crippen LogP contribution >= 0.6 is 15.9 Å². The molecular weight excluding hydrogens is 261 g/mol. The summed E-state index contributed by atoms with van der Waals surface area (Å²) in [5.74, 6) is -1.64. The van der Waals surface area contributed by atoms with Crippen molar-refractivity contribution in [1.82, 2.24) is 4.98 Å². The van der Waals surface area contributed by atoms with E-state index >= 15 is 0 Å². The second-order valence-electron chi connectivity index (χ2n) is 2.73. The molecular formula is C8H8BrF3N2. The predicted octanol–water partition coefficient (Wildman–Crippen LogP) is 2.45. The Kier molecular flexibility index (Phi) is 3.49. The second-order valence-corrected chi connectivity index (χ2v) is 3.58. The molecule has 1 aromatic rings. The molecule has 6 heteroatoms. The average molecular weight is 269 g/mol. The maximum atomic E-state index is 12.5. The van der Waals surface area contributed by atoms with Crippen molar-refractivity contribution in [2.45, 2.75) is 12.1 Å². The lowest BCUT2D eigenvalue weighted by molar-refractivity contribution is -0.148. The molecule has 0 fully saturated rings. The van der Waals surface area contributed by atoms with Gasteiger partial charge in [0.2, 0.25) is 0 Å². The number of rotatable bonds is 2. The minimum Gasteiger partial charge on any atom is -0.330 e. The fourth-order valence-corrected chi connectivity index (χ4v) is 1.63. The van der Waals surface area contributed by atoms with Crippen molar-refractivity contribution >= 4 is 15.9 Å². The summed E-state index contributed by atoms with van der Waals surface area (Å²) >= 11 is 3.01. The van der Waals surface area contributed by atoms with E-state index in [-0.39, 0.29) is 5.56 Å². The molecule has 1 atom stereocenters. The third kappa shape index (κ3) is 2.45. The van der Waals surface area contributed by atoms with Crippen LogP contribution in [-0.2, 0) is 0 Å². The summed E-state index contributed by atoms with van der Waals surface area (Å²) in [6.45, 7) is -0.466. The molecule has 0 bridgehead atoms. The molecule has 0 spiro atoms. The van der Waals surface area contributed by atoms with Gasteiger partial charge in [-0.1, -0.05) is 0 Å². The van der Waals surface area contributed by atoms with Gasteiger partial charge < -0.3 is 5.73 Å². The van der Waals surface area contributed by atoms with Gasteiger partial charge in [0.05, 0.1) is 5.92 Å². The third-order valence-electron chi connectivity index (χ3n) is 1.81. The minimum absolute atomic E-state index is 0.120. The van der Waals surface area contributed by atoms with Crippen LogP contribution in [0.3, 0.4) is 0 Å². The Hall–Kier alpha value is -0.620. The topological polar surface area (TPSA) is 38.9 Å². The first-order valence-corrected chi connectivity index (χ1v) is 4.62. The highest BCUT2D eigenvalue weighted by atomic mass is 79.9. The van der Waals surface area contributed by atoms with Crippen LogP contribution in [0.4, 0.5) is 13.2 Å². The normalized spacial score (nSPS) is 14.1. The molecule has 1 rings (SSSR count). The molecule has 2 N–H and O–H groups in total. The molecule has 0 saturated carbocycles. The summed E-state index contributed by atoms with van der Waals surface area (Å²) in [6.07, 6.45) is -1.68. The minimum atomic E-state index is -4.32. The lowest BCUT2D eigenvalue weighted by Gasteiger charge is -2.19. The lowest BCUT2D eigenvalue weighted by atomic mass is 10.0. The van der Waals surface area contributed by atoms with Gasteiger partial charge in [0.15, 0.2) is 0 Å². The van der Waals surface area contributed by atoms with Crippen molar-refractivity contribution < 1.29 is 13.2 Å². The van der Waals surface area contributed by atoms with Crippen molar-refractivity contribution in [2.24, 2.45) is 5.73 Å². The Bertz CT molecular complexity index is 314. The van der Waals surface area contributed by atoms with Crippen molar-refractivity contribution in [3.63, 3.8) is 0 Å². The number of pyridine rings is 1. The molecule has 1 aromatic heterocycles. The Labute approximate surface area is 87.4 Å². The van der Waals surface area contributed by atoms with Crippen LogP contribution in [0.25, 0.3) is 0 Å². The number of halogens is 4. The zero-order valence-corrected chi connectivity index (χ0v) is 8.64. The number of nitrogens with two attached hydrogens (primary N) is 1. The van der Waals surface area contributed by atoms with E-state index < -0.39 is 18.6 Å². The van der Waals surface area contributed by atoms with Gasteiger partial charge in [-0.2, -0.15) is 13.2 Å². The third-order valence-corrected chi connectivity index (χ3v) is 2.47. The van der Waals surface area contributed by atoms with Gasteiger partial charge in [-0.05, 0) is 27.6 Å². The summed E-state index contributed by atoms with van der Waals surface area (Å²) in [6, 6.07) is 1.31. The fourth-order valence-electron chi connectivity index (χ4n) is 1.11. The smallest absolute Gasteiger partial charge is 0.330 e. The first-order valence-electron chi connectivity index (χ1n) is 3.83. The quantitative estimate of drug-likeness (QED) is 0.895. The van der Waals surface area contributed by atoms with Crippen molar-refractivity contribution in [3.05, 3.63) is 28.5 Å². The Morgan fingerprint density at radius 3 is 2.57 bits per heavy atom. The monoisotopic (exact) mass is 268 g/mol. The molecule has 0 aliphatic carbocycles. The number of hydrogen-bond donors (Lipinski definition) is 1. The Balaban J connectivity index is 3.08. The van der Waals surface area contributed by atoms with Crippen LogP contribution in [0.15, 0.2) is 22.9 Å². The molecule has 78 valence electrons. The summed E-state index contributed by atoms with van der Waals surface area (Å²) in [4.78, 5) is 3.69. The van der Waals surface area contributed by atoms with E-state index in [4.69, 9.17) is 5.73 Å². The van der Waals surface area contributed by atoms with Crippen molar-refractivity contribution in [3.8, 4) is 0 Å². The molecule has 1 unspecified atom stereocenters. The van der Waals surface area contributed by atoms with E-state index in [1.54, 1.807) is 0 Å². The number of alkyl halides is 3. The highest BCUT2D eigenvalue weighted by Crippen LogP contribution is 2.36. The van der Waals surface area contributed by atoms with Gasteiger partial charge in [0, 0.05) is 23.4 Å². The SMILES string of the molecule is NCC(c1ccncc1Br)C(F)(F)F. The number of nitrogens with zero attached hydrogens (tertiary/aromatic N) is 1. The average Bonchev–Trinajstić information content (AvgIpc) is 2.07. The number of hydrogen-bond acceptors (Lipinski definition) is 2. The zero-order chi connectivity index (χ0) is 10.8. The molecule has 0 saturated heterocycles. The van der Waals surface area contributed by atoms with E-state index in [1.165, 1.54) is 18.5 Å². The highest BCUT2D eigenvalue weighted by Gasteiger charge is 2.40. The lowest BCUT2D eigenvalue weighted by Crippen LogP contribution is -2.28. The molecule has 0 amide bonds. The van der Waals surface area contributed by atoms with Gasteiger partial charge in [-0.15, -0.1) is 0 Å². The summed E-state index contributed by atoms with van der Waals surface area (Å²) in [5.41, 5.74) is 5.22. The molecule has 0 aliphatic heterocycles. The van der Waals surface area contributed by atoms with Crippen LogP contribution in [-0.4, -0.2) is 17.7 Å². The van der Waals surface area contributed by atoms with Gasteiger partial charge in [-0.25, -0.2) is 0 Å². The first-order chi connectivity index (χ1) is 6.46. The van der Waals surface area contributed by atoms with Crippen LogP contribution in [0.2, 0.25) is 0 Å². The van der Waals surface area contributed by atoms with Crippen LogP contribution in [0.1, 0.15) is 11.5 Å². The van der Waals surface area contributed by atoms with E-state index in [2.05, 4.69) is 20.9 Å². The molecule has 14 heavy (non-hydrogen) atoms. The second kappa shape index (κ2) is 4.27. The predicted molar refractivity (Wildman–Crippen MR) is 49.8 cm³/mol. The standard InChI is InChI=1S/C8H8BrF3N2/c9-7-4-14-2-1-5(7)6(3-13)8(10,11)12/h1-2,4,6H,3,13H2. The Morgan fingerprint density at radius 2 is 2.14 bits per heavy atom. The molecule has 0 radical (unpaired) electrons. The van der Waals surface area contributed by atoms with E-state index in [0.29, 0.717) is 4.47 Å². The highest BCUT2D eigenvalue weighted by molar-refractivity contribution is 9.10. The number of aromatic nitrogens is 1. The maximum absolute atomic E-state index is 12.5. The Morgan fingerprint density at radius 1 is 1.50 bits per heavy atom. The summed E-state index contributed by atoms with van der Waals surface area (Å²) in [5, 5.41) is 0. The van der Waals surface area contributed by atoms with Crippen molar-refractivity contribution in [2.75, 3.05) is 6.54 Å². The fraction of sp³-hybridized carbons (Fsp3) is 0.375. The van der Waals surface area contributed by atoms with Crippen LogP contribution in [0, 0.1) is 0 Å².